The zero-order valence-electron chi connectivity index (χ0n) is 13.1. The average molecular weight is 299 g/mol. The number of rotatable bonds is 5. The van der Waals surface area contributed by atoms with E-state index in [0.29, 0.717) is 12.5 Å². The molecule has 0 saturated carbocycles. The van der Waals surface area contributed by atoms with Gasteiger partial charge in [0.1, 0.15) is 11.5 Å². The zero-order valence-corrected chi connectivity index (χ0v) is 13.1. The molecule has 116 valence electrons. The Morgan fingerprint density at radius 3 is 2.41 bits per heavy atom. The lowest BCUT2D eigenvalue weighted by Crippen LogP contribution is -2.22. The maximum atomic E-state index is 5.90. The van der Waals surface area contributed by atoms with Crippen molar-refractivity contribution in [2.75, 3.05) is 19.5 Å². The first-order valence-corrected chi connectivity index (χ1v) is 6.97. The molecule has 0 fully saturated rings. The molecule has 0 saturated heterocycles. The molecule has 0 aliphatic heterocycles. The first-order chi connectivity index (χ1) is 10.6. The monoisotopic (exact) mass is 299 g/mol. The lowest BCUT2D eigenvalue weighted by molar-refractivity contribution is 0.411. The van der Waals surface area contributed by atoms with Crippen molar-refractivity contribution in [2.24, 2.45) is 10.7 Å². The third-order valence-electron chi connectivity index (χ3n) is 3.25. The fourth-order valence-corrected chi connectivity index (χ4v) is 2.08. The normalized spacial score (nSPS) is 11.1. The Labute approximate surface area is 130 Å². The van der Waals surface area contributed by atoms with Crippen LogP contribution < -0.4 is 20.5 Å². The minimum Gasteiger partial charge on any atom is -0.497 e. The number of nitrogens with two attached hydrogens (primary N) is 1. The van der Waals surface area contributed by atoms with Gasteiger partial charge in [0.15, 0.2) is 5.96 Å². The molecule has 3 N–H and O–H groups in total. The van der Waals surface area contributed by atoms with Crippen LogP contribution in [0.2, 0.25) is 0 Å². The fourth-order valence-electron chi connectivity index (χ4n) is 2.08. The van der Waals surface area contributed by atoms with Gasteiger partial charge in [0, 0.05) is 5.69 Å². The van der Waals surface area contributed by atoms with E-state index in [1.165, 1.54) is 0 Å². The molecule has 0 aromatic heterocycles. The van der Waals surface area contributed by atoms with Gasteiger partial charge in [-0.3, -0.25) is 0 Å². The predicted molar refractivity (Wildman–Crippen MR) is 89.7 cm³/mol. The molecule has 0 spiro atoms. The number of nitrogens with one attached hydrogen (secondary N) is 1. The molecule has 0 heterocycles. The summed E-state index contributed by atoms with van der Waals surface area (Å²) in [5.74, 6) is 2.05. The Balaban J connectivity index is 1.98. The smallest absolute Gasteiger partial charge is 0.193 e. The second kappa shape index (κ2) is 7.36. The number of aliphatic imine (C=N–C) groups is 1. The third kappa shape index (κ3) is 4.15. The van der Waals surface area contributed by atoms with Gasteiger partial charge in [0.25, 0.3) is 0 Å². The topological polar surface area (TPSA) is 68.9 Å². The van der Waals surface area contributed by atoms with Gasteiger partial charge in [-0.25, -0.2) is 4.99 Å². The molecule has 2 aromatic carbocycles. The van der Waals surface area contributed by atoms with Crippen LogP contribution in [0.25, 0.3) is 0 Å². The maximum absolute atomic E-state index is 5.90. The summed E-state index contributed by atoms with van der Waals surface area (Å²) in [5, 5.41) is 3.05. The summed E-state index contributed by atoms with van der Waals surface area (Å²) >= 11 is 0. The van der Waals surface area contributed by atoms with E-state index in [2.05, 4.69) is 10.3 Å². The van der Waals surface area contributed by atoms with Gasteiger partial charge in [-0.2, -0.15) is 0 Å². The van der Waals surface area contributed by atoms with Crippen LogP contribution in [0.5, 0.6) is 11.5 Å². The summed E-state index contributed by atoms with van der Waals surface area (Å²) < 4.78 is 10.4. The van der Waals surface area contributed by atoms with Gasteiger partial charge >= 0.3 is 0 Å². The third-order valence-corrected chi connectivity index (χ3v) is 3.25. The van der Waals surface area contributed by atoms with E-state index in [0.717, 1.165) is 28.3 Å². The summed E-state index contributed by atoms with van der Waals surface area (Å²) in [6.07, 6.45) is 0. The predicted octanol–water partition coefficient (Wildman–Crippen LogP) is 2.94. The van der Waals surface area contributed by atoms with Crippen molar-refractivity contribution in [1.29, 1.82) is 0 Å². The Morgan fingerprint density at radius 2 is 1.82 bits per heavy atom. The van der Waals surface area contributed by atoms with Gasteiger partial charge in [-0.1, -0.05) is 12.1 Å². The average Bonchev–Trinajstić information content (AvgIpc) is 2.54. The highest BCUT2D eigenvalue weighted by atomic mass is 16.5. The van der Waals surface area contributed by atoms with E-state index >= 15 is 0 Å². The number of benzene rings is 2. The van der Waals surface area contributed by atoms with Crippen molar-refractivity contribution < 1.29 is 9.47 Å². The standard InChI is InChI=1S/C17H21N3O2/c1-12-10-13(4-9-16(12)22-3)11-19-17(18)20-14-5-7-15(21-2)8-6-14/h4-10H,11H2,1-3H3,(H3,18,19,20). The number of hydrogen-bond acceptors (Lipinski definition) is 3. The van der Waals surface area contributed by atoms with Gasteiger partial charge in [0.05, 0.1) is 20.8 Å². The number of guanidine groups is 1. The molecule has 2 aromatic rings. The zero-order chi connectivity index (χ0) is 15.9. The summed E-state index contributed by atoms with van der Waals surface area (Å²) in [6.45, 7) is 2.52. The van der Waals surface area contributed by atoms with Crippen LogP contribution in [0.4, 0.5) is 5.69 Å². The van der Waals surface area contributed by atoms with Crippen LogP contribution in [0, 0.1) is 6.92 Å². The minimum atomic E-state index is 0.374. The molecule has 0 aliphatic carbocycles. The van der Waals surface area contributed by atoms with E-state index in [4.69, 9.17) is 15.2 Å². The quantitative estimate of drug-likeness (QED) is 0.658. The largest absolute Gasteiger partial charge is 0.497 e. The Bertz CT molecular complexity index is 651. The molecular weight excluding hydrogens is 278 g/mol. The molecule has 0 aliphatic rings. The highest BCUT2D eigenvalue weighted by Gasteiger charge is 2.00. The summed E-state index contributed by atoms with van der Waals surface area (Å²) in [7, 11) is 3.30. The fraction of sp³-hybridized carbons (Fsp3) is 0.235. The molecule has 0 atom stereocenters. The second-order valence-electron chi connectivity index (χ2n) is 4.86. The van der Waals surface area contributed by atoms with E-state index in [9.17, 15) is 0 Å². The van der Waals surface area contributed by atoms with Crippen LogP contribution in [-0.2, 0) is 6.54 Å². The van der Waals surface area contributed by atoms with Gasteiger partial charge < -0.3 is 20.5 Å². The summed E-state index contributed by atoms with van der Waals surface area (Å²) in [5.41, 5.74) is 8.93. The molecule has 0 radical (unpaired) electrons. The van der Waals surface area contributed by atoms with E-state index in [1.54, 1.807) is 14.2 Å². The SMILES string of the molecule is COc1ccc(NC(N)=NCc2ccc(OC)c(C)c2)cc1. The summed E-state index contributed by atoms with van der Waals surface area (Å²) in [6, 6.07) is 13.5. The van der Waals surface area contributed by atoms with E-state index in [1.807, 2.05) is 49.4 Å². The molecule has 0 unspecified atom stereocenters. The van der Waals surface area contributed by atoms with Crippen molar-refractivity contribution in [3.8, 4) is 11.5 Å². The number of nitrogens with zero attached hydrogens (tertiary/aromatic N) is 1. The highest BCUT2D eigenvalue weighted by molar-refractivity contribution is 5.92. The molecule has 0 amide bonds. The number of anilines is 1. The first kappa shape index (κ1) is 15.7. The number of methoxy groups -OCH3 is 2. The lowest BCUT2D eigenvalue weighted by atomic mass is 10.1. The summed E-state index contributed by atoms with van der Waals surface area (Å²) in [4.78, 5) is 4.34. The highest BCUT2D eigenvalue weighted by Crippen LogP contribution is 2.19. The number of ether oxygens (including phenoxy) is 2. The number of aryl methyl sites for hydroxylation is 1. The van der Waals surface area contributed by atoms with E-state index < -0.39 is 0 Å². The second-order valence-corrected chi connectivity index (χ2v) is 4.86. The number of hydrogen-bond donors (Lipinski definition) is 2. The Kier molecular flexibility index (Phi) is 5.25. The van der Waals surface area contributed by atoms with Crippen molar-refractivity contribution in [2.45, 2.75) is 13.5 Å². The van der Waals surface area contributed by atoms with Crippen LogP contribution in [-0.4, -0.2) is 20.2 Å². The Morgan fingerprint density at radius 1 is 1.09 bits per heavy atom. The van der Waals surface area contributed by atoms with Crippen LogP contribution in [0.1, 0.15) is 11.1 Å². The van der Waals surface area contributed by atoms with Crippen molar-refractivity contribution in [1.82, 2.24) is 0 Å². The van der Waals surface area contributed by atoms with Crippen molar-refractivity contribution >= 4 is 11.6 Å². The molecule has 22 heavy (non-hydrogen) atoms. The molecule has 2 rings (SSSR count). The van der Waals surface area contributed by atoms with E-state index in [-0.39, 0.29) is 0 Å². The molecule has 5 heteroatoms. The molecule has 5 nitrogen and oxygen atoms in total. The molecular formula is C17H21N3O2. The van der Waals surface area contributed by atoms with Crippen LogP contribution in [0.15, 0.2) is 47.5 Å². The maximum Gasteiger partial charge on any atom is 0.193 e. The van der Waals surface area contributed by atoms with Gasteiger partial charge in [-0.15, -0.1) is 0 Å². The lowest BCUT2D eigenvalue weighted by Gasteiger charge is -2.08. The van der Waals surface area contributed by atoms with Crippen LogP contribution in [0.3, 0.4) is 0 Å². The minimum absolute atomic E-state index is 0.374. The Hall–Kier alpha value is -2.69. The van der Waals surface area contributed by atoms with Crippen LogP contribution >= 0.6 is 0 Å². The van der Waals surface area contributed by atoms with Crippen molar-refractivity contribution in [3.05, 3.63) is 53.6 Å². The van der Waals surface area contributed by atoms with Gasteiger partial charge in [-0.05, 0) is 48.4 Å². The molecule has 0 bridgehead atoms. The van der Waals surface area contributed by atoms with Gasteiger partial charge in [0.2, 0.25) is 0 Å². The first-order valence-electron chi connectivity index (χ1n) is 6.97. The van der Waals surface area contributed by atoms with Crippen molar-refractivity contribution in [3.63, 3.8) is 0 Å².